The molecule has 0 nitrogen and oxygen atoms in total. The summed E-state index contributed by atoms with van der Waals surface area (Å²) >= 11 is 0. The summed E-state index contributed by atoms with van der Waals surface area (Å²) in [4.78, 5) is 0. The van der Waals surface area contributed by atoms with Crippen molar-refractivity contribution in [3.63, 3.8) is 0 Å². The first-order valence-electron chi connectivity index (χ1n) is 5.07. The van der Waals surface area contributed by atoms with Gasteiger partial charge in [0.2, 0.25) is 0 Å². The first-order valence-corrected chi connectivity index (χ1v) is 5.07. The Balaban J connectivity index is 3.06. The van der Waals surface area contributed by atoms with E-state index in [-0.39, 0.29) is 0 Å². The average molecular weight is 176 g/mol. The molecule has 1 aromatic rings. The summed E-state index contributed by atoms with van der Waals surface area (Å²) in [7, 11) is 0. The second-order valence-corrected chi connectivity index (χ2v) is 4.48. The molecule has 0 unspecified atom stereocenters. The molecule has 0 bridgehead atoms. The van der Waals surface area contributed by atoms with Gasteiger partial charge in [0.25, 0.3) is 0 Å². The number of hydrogen-bond donors (Lipinski definition) is 0. The smallest absolute Gasteiger partial charge is 0.0250 e. The summed E-state index contributed by atoms with van der Waals surface area (Å²) in [5.41, 5.74) is 5.82. The molecule has 0 saturated heterocycles. The second kappa shape index (κ2) is 3.95. The zero-order valence-electron chi connectivity index (χ0n) is 9.44. The molecule has 0 aliphatic heterocycles. The van der Waals surface area contributed by atoms with Crippen LogP contribution in [0, 0.1) is 26.7 Å². The Morgan fingerprint density at radius 3 is 1.85 bits per heavy atom. The van der Waals surface area contributed by atoms with Crippen molar-refractivity contribution in [2.45, 2.75) is 41.0 Å². The van der Waals surface area contributed by atoms with E-state index < -0.39 is 0 Å². The van der Waals surface area contributed by atoms with E-state index >= 15 is 0 Å². The van der Waals surface area contributed by atoms with Crippen LogP contribution in [-0.2, 0) is 6.42 Å². The van der Waals surface area contributed by atoms with Crippen molar-refractivity contribution in [3.05, 3.63) is 34.4 Å². The first kappa shape index (κ1) is 10.3. The Kier molecular flexibility index (Phi) is 3.13. The van der Waals surface area contributed by atoms with Crippen LogP contribution >= 0.6 is 0 Å². The van der Waals surface area contributed by atoms with Gasteiger partial charge in [0, 0.05) is 0 Å². The van der Waals surface area contributed by atoms with Crippen molar-refractivity contribution < 1.29 is 0 Å². The molecule has 0 N–H and O–H groups in total. The molecule has 1 aromatic carbocycles. The molecule has 0 radical (unpaired) electrons. The van der Waals surface area contributed by atoms with Crippen molar-refractivity contribution in [1.82, 2.24) is 0 Å². The summed E-state index contributed by atoms with van der Waals surface area (Å²) in [5, 5.41) is 0. The quantitative estimate of drug-likeness (QED) is 0.642. The highest BCUT2D eigenvalue weighted by Crippen LogP contribution is 2.19. The fourth-order valence-corrected chi connectivity index (χ4v) is 1.94. The van der Waals surface area contributed by atoms with Gasteiger partial charge < -0.3 is 0 Å². The van der Waals surface area contributed by atoms with E-state index in [0.29, 0.717) is 0 Å². The molecular weight excluding hydrogens is 156 g/mol. The molecule has 0 fully saturated rings. The zero-order valence-corrected chi connectivity index (χ0v) is 9.44. The van der Waals surface area contributed by atoms with Crippen molar-refractivity contribution in [3.8, 4) is 0 Å². The van der Waals surface area contributed by atoms with E-state index in [1.54, 1.807) is 5.56 Å². The Bertz CT molecular complexity index is 272. The highest BCUT2D eigenvalue weighted by Gasteiger charge is 2.05. The van der Waals surface area contributed by atoms with Gasteiger partial charge in [-0.25, -0.2) is 0 Å². The maximum atomic E-state index is 2.28. The van der Waals surface area contributed by atoms with E-state index in [9.17, 15) is 0 Å². The predicted molar refractivity (Wildman–Crippen MR) is 59.2 cm³/mol. The van der Waals surface area contributed by atoms with Crippen LogP contribution in [0.1, 0.15) is 36.1 Å². The van der Waals surface area contributed by atoms with Gasteiger partial charge in [0.15, 0.2) is 0 Å². The summed E-state index contributed by atoms with van der Waals surface area (Å²) in [6.45, 7) is 11.2. The normalized spacial score (nSPS) is 10.9. The van der Waals surface area contributed by atoms with Crippen LogP contribution < -0.4 is 0 Å². The number of rotatable bonds is 2. The van der Waals surface area contributed by atoms with Gasteiger partial charge in [0.1, 0.15) is 0 Å². The first-order chi connectivity index (χ1) is 6.00. The Hall–Kier alpha value is -0.780. The summed E-state index contributed by atoms with van der Waals surface area (Å²) in [6.07, 6.45) is 1.21. The molecule has 0 aliphatic rings. The molecular formula is C13H20. The molecule has 0 atom stereocenters. The van der Waals surface area contributed by atoms with Gasteiger partial charge >= 0.3 is 0 Å². The van der Waals surface area contributed by atoms with Crippen molar-refractivity contribution in [2.24, 2.45) is 5.92 Å². The lowest BCUT2D eigenvalue weighted by Crippen LogP contribution is -2.00. The van der Waals surface area contributed by atoms with Crippen molar-refractivity contribution in [2.75, 3.05) is 0 Å². The lowest BCUT2D eigenvalue weighted by atomic mass is 9.93. The van der Waals surface area contributed by atoms with Crippen LogP contribution in [0.15, 0.2) is 12.1 Å². The Morgan fingerprint density at radius 1 is 1.00 bits per heavy atom. The lowest BCUT2D eigenvalue weighted by Gasteiger charge is -2.13. The summed E-state index contributed by atoms with van der Waals surface area (Å²) < 4.78 is 0. The minimum atomic E-state index is 0.750. The molecule has 0 heterocycles. The maximum Gasteiger partial charge on any atom is -0.0250 e. The zero-order chi connectivity index (χ0) is 10.0. The molecule has 0 saturated carbocycles. The van der Waals surface area contributed by atoms with Crippen LogP contribution in [-0.4, -0.2) is 0 Å². The predicted octanol–water partition coefficient (Wildman–Crippen LogP) is 3.81. The SMILES string of the molecule is Cc1cc(C)c(CC(C)C)c(C)c1. The molecule has 0 spiro atoms. The fourth-order valence-electron chi connectivity index (χ4n) is 1.94. The Morgan fingerprint density at radius 2 is 1.46 bits per heavy atom. The third-order valence-corrected chi connectivity index (χ3v) is 2.45. The minimum absolute atomic E-state index is 0.750. The van der Waals surface area contributed by atoms with Crippen LogP contribution in [0.2, 0.25) is 0 Å². The summed E-state index contributed by atoms with van der Waals surface area (Å²) in [6, 6.07) is 4.56. The number of aryl methyl sites for hydroxylation is 3. The molecule has 72 valence electrons. The fraction of sp³-hybridized carbons (Fsp3) is 0.538. The third kappa shape index (κ3) is 2.58. The van der Waals surface area contributed by atoms with Gasteiger partial charge in [-0.2, -0.15) is 0 Å². The molecule has 0 aliphatic carbocycles. The van der Waals surface area contributed by atoms with Crippen molar-refractivity contribution in [1.29, 1.82) is 0 Å². The number of hydrogen-bond acceptors (Lipinski definition) is 0. The average Bonchev–Trinajstić information content (AvgIpc) is 1.96. The topological polar surface area (TPSA) is 0 Å². The van der Waals surface area contributed by atoms with E-state index in [1.807, 2.05) is 0 Å². The maximum absolute atomic E-state index is 2.28. The van der Waals surface area contributed by atoms with Crippen LogP contribution in [0.25, 0.3) is 0 Å². The number of benzene rings is 1. The van der Waals surface area contributed by atoms with Gasteiger partial charge in [-0.3, -0.25) is 0 Å². The molecule has 1 rings (SSSR count). The molecule has 13 heavy (non-hydrogen) atoms. The van der Waals surface area contributed by atoms with Crippen LogP contribution in [0.4, 0.5) is 0 Å². The van der Waals surface area contributed by atoms with Crippen LogP contribution in [0.5, 0.6) is 0 Å². The minimum Gasteiger partial charge on any atom is -0.0625 e. The standard InChI is InChI=1S/C13H20/c1-9(2)6-13-11(4)7-10(3)8-12(13)5/h7-9H,6H2,1-5H3. The van der Waals surface area contributed by atoms with Crippen LogP contribution in [0.3, 0.4) is 0 Å². The lowest BCUT2D eigenvalue weighted by molar-refractivity contribution is 0.642. The van der Waals surface area contributed by atoms with Gasteiger partial charge in [-0.1, -0.05) is 31.5 Å². The van der Waals surface area contributed by atoms with E-state index in [1.165, 1.54) is 23.1 Å². The molecule has 0 amide bonds. The Labute approximate surface area is 82.0 Å². The van der Waals surface area contributed by atoms with Crippen molar-refractivity contribution >= 4 is 0 Å². The second-order valence-electron chi connectivity index (χ2n) is 4.48. The van der Waals surface area contributed by atoms with Gasteiger partial charge in [-0.15, -0.1) is 0 Å². The highest BCUT2D eigenvalue weighted by molar-refractivity contribution is 5.37. The monoisotopic (exact) mass is 176 g/mol. The summed E-state index contributed by atoms with van der Waals surface area (Å²) in [5.74, 6) is 0.750. The van der Waals surface area contributed by atoms with E-state index in [2.05, 4.69) is 46.8 Å². The largest absolute Gasteiger partial charge is 0.0625 e. The third-order valence-electron chi connectivity index (χ3n) is 2.45. The van der Waals surface area contributed by atoms with E-state index in [0.717, 1.165) is 5.92 Å². The van der Waals surface area contributed by atoms with E-state index in [4.69, 9.17) is 0 Å². The van der Waals surface area contributed by atoms with Gasteiger partial charge in [0.05, 0.1) is 0 Å². The molecule has 0 aromatic heterocycles. The van der Waals surface area contributed by atoms with Gasteiger partial charge in [-0.05, 0) is 49.8 Å². The molecule has 0 heteroatoms. The highest BCUT2D eigenvalue weighted by atomic mass is 14.1.